The van der Waals surface area contributed by atoms with Crippen LogP contribution in [-0.4, -0.2) is 41.8 Å². The highest BCUT2D eigenvalue weighted by molar-refractivity contribution is 7.91. The lowest BCUT2D eigenvalue weighted by molar-refractivity contribution is 0.0941. The molecule has 120 valence electrons. The molecule has 1 saturated heterocycles. The van der Waals surface area contributed by atoms with Crippen LogP contribution in [0.1, 0.15) is 16.8 Å². The van der Waals surface area contributed by atoms with E-state index in [1.54, 1.807) is 0 Å². The molecule has 8 heteroatoms. The Morgan fingerprint density at radius 1 is 1.26 bits per heavy atom. The van der Waals surface area contributed by atoms with Crippen LogP contribution in [0.4, 0.5) is 5.95 Å². The van der Waals surface area contributed by atoms with Gasteiger partial charge in [0.2, 0.25) is 5.95 Å². The first-order valence-corrected chi connectivity index (χ1v) is 8.96. The van der Waals surface area contributed by atoms with E-state index >= 15 is 0 Å². The van der Waals surface area contributed by atoms with Crippen molar-refractivity contribution in [3.8, 4) is 11.3 Å². The molecule has 2 heterocycles. The SMILES string of the molecule is Nc1ncc(C(=O)NC2CCS(=O)(=O)C2)c(-c2ccccc2)n1. The summed E-state index contributed by atoms with van der Waals surface area (Å²) in [6, 6.07) is 8.78. The van der Waals surface area contributed by atoms with Gasteiger partial charge in [-0.15, -0.1) is 0 Å². The second kappa shape index (κ2) is 5.96. The molecular weight excluding hydrogens is 316 g/mol. The Labute approximate surface area is 133 Å². The molecule has 0 saturated carbocycles. The van der Waals surface area contributed by atoms with Gasteiger partial charge in [0, 0.05) is 17.8 Å². The van der Waals surface area contributed by atoms with Gasteiger partial charge < -0.3 is 11.1 Å². The number of carbonyl (C=O) groups excluding carboxylic acids is 1. The molecule has 2 aromatic rings. The number of anilines is 1. The topological polar surface area (TPSA) is 115 Å². The third-order valence-corrected chi connectivity index (χ3v) is 5.43. The Morgan fingerprint density at radius 3 is 2.65 bits per heavy atom. The van der Waals surface area contributed by atoms with Crippen molar-refractivity contribution in [1.29, 1.82) is 0 Å². The maximum Gasteiger partial charge on any atom is 0.255 e. The first kappa shape index (κ1) is 15.4. The maximum absolute atomic E-state index is 12.5. The van der Waals surface area contributed by atoms with E-state index in [9.17, 15) is 13.2 Å². The molecule has 3 rings (SSSR count). The standard InChI is InChI=1S/C15H16N4O3S/c16-15-17-8-12(13(19-15)10-4-2-1-3-5-10)14(20)18-11-6-7-23(21,22)9-11/h1-5,8,11H,6-7,9H2,(H,18,20)(H2,16,17,19). The van der Waals surface area contributed by atoms with Crippen molar-refractivity contribution in [1.82, 2.24) is 15.3 Å². The van der Waals surface area contributed by atoms with Crippen LogP contribution in [-0.2, 0) is 9.84 Å². The van der Waals surface area contributed by atoms with E-state index in [0.29, 0.717) is 12.1 Å². The molecule has 1 fully saturated rings. The van der Waals surface area contributed by atoms with Crippen molar-refractivity contribution in [2.75, 3.05) is 17.2 Å². The number of aromatic nitrogens is 2. The molecule has 1 aromatic heterocycles. The Bertz CT molecular complexity index is 837. The van der Waals surface area contributed by atoms with E-state index in [4.69, 9.17) is 5.73 Å². The van der Waals surface area contributed by atoms with Gasteiger partial charge in [0.15, 0.2) is 9.84 Å². The predicted molar refractivity (Wildman–Crippen MR) is 86.4 cm³/mol. The van der Waals surface area contributed by atoms with Crippen LogP contribution in [0.5, 0.6) is 0 Å². The fourth-order valence-corrected chi connectivity index (χ4v) is 4.22. The molecule has 7 nitrogen and oxygen atoms in total. The van der Waals surface area contributed by atoms with Crippen molar-refractivity contribution in [3.63, 3.8) is 0 Å². The average Bonchev–Trinajstić information content (AvgIpc) is 2.86. The van der Waals surface area contributed by atoms with Crippen molar-refractivity contribution >= 4 is 21.7 Å². The zero-order valence-corrected chi connectivity index (χ0v) is 13.1. The fourth-order valence-electron chi connectivity index (χ4n) is 2.55. The van der Waals surface area contributed by atoms with Crippen LogP contribution in [0.3, 0.4) is 0 Å². The maximum atomic E-state index is 12.5. The summed E-state index contributed by atoms with van der Waals surface area (Å²) in [6.45, 7) is 0. The molecule has 0 spiro atoms. The number of amides is 1. The Morgan fingerprint density at radius 2 is 2.00 bits per heavy atom. The highest BCUT2D eigenvalue weighted by Gasteiger charge is 2.30. The third-order valence-electron chi connectivity index (χ3n) is 3.67. The molecular formula is C15H16N4O3S. The number of sulfone groups is 1. The predicted octanol–water partition coefficient (Wildman–Crippen LogP) is 0.643. The van der Waals surface area contributed by atoms with Crippen LogP contribution in [0.25, 0.3) is 11.3 Å². The number of nitrogens with two attached hydrogens (primary N) is 1. The van der Waals surface area contributed by atoms with Crippen LogP contribution in [0.15, 0.2) is 36.5 Å². The number of hydrogen-bond donors (Lipinski definition) is 2. The molecule has 1 atom stereocenters. The van der Waals surface area contributed by atoms with Gasteiger partial charge in [0.05, 0.1) is 22.8 Å². The second-order valence-corrected chi connectivity index (χ2v) is 7.66. The van der Waals surface area contributed by atoms with Crippen molar-refractivity contribution in [2.45, 2.75) is 12.5 Å². The van der Waals surface area contributed by atoms with Gasteiger partial charge >= 0.3 is 0 Å². The first-order chi connectivity index (χ1) is 10.9. The lowest BCUT2D eigenvalue weighted by atomic mass is 10.1. The molecule has 0 radical (unpaired) electrons. The van der Waals surface area contributed by atoms with E-state index in [-0.39, 0.29) is 29.1 Å². The van der Waals surface area contributed by atoms with Gasteiger partial charge in [-0.2, -0.15) is 0 Å². The third kappa shape index (κ3) is 3.48. The van der Waals surface area contributed by atoms with Gasteiger partial charge in [-0.05, 0) is 6.42 Å². The highest BCUT2D eigenvalue weighted by Crippen LogP contribution is 2.22. The van der Waals surface area contributed by atoms with Gasteiger partial charge in [-0.1, -0.05) is 30.3 Å². The zero-order chi connectivity index (χ0) is 16.4. The summed E-state index contributed by atoms with van der Waals surface area (Å²) in [7, 11) is -3.06. The Hall–Kier alpha value is -2.48. The van der Waals surface area contributed by atoms with Gasteiger partial charge in [-0.3, -0.25) is 4.79 Å². The van der Waals surface area contributed by atoms with Crippen LogP contribution in [0, 0.1) is 0 Å². The average molecular weight is 332 g/mol. The monoisotopic (exact) mass is 332 g/mol. The summed E-state index contributed by atoms with van der Waals surface area (Å²) < 4.78 is 23.0. The van der Waals surface area contributed by atoms with Crippen LogP contribution in [0.2, 0.25) is 0 Å². The minimum atomic E-state index is -3.06. The van der Waals surface area contributed by atoms with E-state index in [1.165, 1.54) is 6.20 Å². The summed E-state index contributed by atoms with van der Waals surface area (Å²) in [5, 5.41) is 2.74. The number of rotatable bonds is 3. The molecule has 0 aliphatic carbocycles. The van der Waals surface area contributed by atoms with Gasteiger partial charge in [0.25, 0.3) is 5.91 Å². The van der Waals surface area contributed by atoms with E-state index < -0.39 is 15.7 Å². The van der Waals surface area contributed by atoms with Crippen LogP contribution >= 0.6 is 0 Å². The van der Waals surface area contributed by atoms with E-state index in [1.807, 2.05) is 30.3 Å². The second-order valence-electron chi connectivity index (χ2n) is 5.43. The van der Waals surface area contributed by atoms with E-state index in [0.717, 1.165) is 5.56 Å². The summed E-state index contributed by atoms with van der Waals surface area (Å²) in [5.74, 6) is -0.258. The minimum absolute atomic E-state index is 0.0325. The number of nitrogen functional groups attached to an aromatic ring is 1. The Kier molecular flexibility index (Phi) is 3.99. The van der Waals surface area contributed by atoms with Crippen molar-refractivity contribution in [3.05, 3.63) is 42.1 Å². The van der Waals surface area contributed by atoms with Crippen molar-refractivity contribution < 1.29 is 13.2 Å². The lowest BCUT2D eigenvalue weighted by Gasteiger charge is -2.13. The molecule has 0 bridgehead atoms. The molecule has 3 N–H and O–H groups in total. The van der Waals surface area contributed by atoms with Crippen LogP contribution < -0.4 is 11.1 Å². The minimum Gasteiger partial charge on any atom is -0.368 e. The van der Waals surface area contributed by atoms with Gasteiger partial charge in [0.1, 0.15) is 0 Å². The zero-order valence-electron chi connectivity index (χ0n) is 12.3. The van der Waals surface area contributed by atoms with E-state index in [2.05, 4.69) is 15.3 Å². The quantitative estimate of drug-likeness (QED) is 0.852. The fraction of sp³-hybridized carbons (Fsp3) is 0.267. The number of carbonyl (C=O) groups is 1. The van der Waals surface area contributed by atoms with Gasteiger partial charge in [-0.25, -0.2) is 18.4 Å². The number of nitrogens with zero attached hydrogens (tertiary/aromatic N) is 2. The number of benzene rings is 1. The molecule has 1 aliphatic heterocycles. The molecule has 1 aromatic carbocycles. The smallest absolute Gasteiger partial charge is 0.255 e. The summed E-state index contributed by atoms with van der Waals surface area (Å²) in [5.41, 5.74) is 7.07. The molecule has 1 unspecified atom stereocenters. The molecule has 1 amide bonds. The number of hydrogen-bond acceptors (Lipinski definition) is 6. The molecule has 1 aliphatic rings. The summed E-state index contributed by atoms with van der Waals surface area (Å²) in [4.78, 5) is 20.5. The lowest BCUT2D eigenvalue weighted by Crippen LogP contribution is -2.36. The molecule has 23 heavy (non-hydrogen) atoms. The summed E-state index contributed by atoms with van der Waals surface area (Å²) in [6.07, 6.45) is 1.79. The summed E-state index contributed by atoms with van der Waals surface area (Å²) >= 11 is 0. The Balaban J connectivity index is 1.89. The van der Waals surface area contributed by atoms with Crippen molar-refractivity contribution in [2.24, 2.45) is 0 Å². The number of nitrogens with one attached hydrogen (secondary N) is 1. The highest BCUT2D eigenvalue weighted by atomic mass is 32.2. The largest absolute Gasteiger partial charge is 0.368 e. The first-order valence-electron chi connectivity index (χ1n) is 7.14. The normalized spacial score (nSPS) is 19.4.